The minimum Gasteiger partial charge on any atom is -0.394 e. The van der Waals surface area contributed by atoms with E-state index in [1.54, 1.807) is 0 Å². The van der Waals surface area contributed by atoms with Crippen LogP contribution in [-0.2, 0) is 4.74 Å². The highest BCUT2D eigenvalue weighted by Crippen LogP contribution is 2.24. The first kappa shape index (κ1) is 16.9. The molecule has 0 aromatic carbocycles. The number of rotatable bonds is 11. The van der Waals surface area contributed by atoms with Crippen molar-refractivity contribution < 1.29 is 9.84 Å². The first-order chi connectivity index (χ1) is 8.95. The predicted molar refractivity (Wildman–Crippen MR) is 80.4 cm³/mol. The van der Waals surface area contributed by atoms with Gasteiger partial charge in [-0.25, -0.2) is 0 Å². The smallest absolute Gasteiger partial charge is 0.0610 e. The van der Waals surface area contributed by atoms with Gasteiger partial charge in [0.25, 0.3) is 0 Å². The molecule has 1 saturated carbocycles. The van der Waals surface area contributed by atoms with E-state index in [2.05, 4.69) is 33.0 Å². The summed E-state index contributed by atoms with van der Waals surface area (Å²) in [5.74, 6) is 0.704. The van der Waals surface area contributed by atoms with Crippen LogP contribution in [0, 0.1) is 5.92 Å². The van der Waals surface area contributed by atoms with Gasteiger partial charge >= 0.3 is 0 Å². The van der Waals surface area contributed by atoms with Crippen LogP contribution < -0.4 is 5.32 Å². The van der Waals surface area contributed by atoms with Gasteiger partial charge in [0.05, 0.1) is 12.7 Å². The second-order valence-electron chi connectivity index (χ2n) is 6.91. The van der Waals surface area contributed by atoms with Crippen molar-refractivity contribution in [2.75, 3.05) is 13.2 Å². The van der Waals surface area contributed by atoms with Crippen LogP contribution in [-0.4, -0.2) is 36.0 Å². The summed E-state index contributed by atoms with van der Waals surface area (Å²) in [5, 5.41) is 13.1. The number of hydrogen-bond donors (Lipinski definition) is 2. The Morgan fingerprint density at radius 2 is 1.95 bits per heavy atom. The summed E-state index contributed by atoms with van der Waals surface area (Å²) in [6.07, 6.45) is 7.28. The molecule has 0 saturated heterocycles. The quantitative estimate of drug-likeness (QED) is 0.567. The van der Waals surface area contributed by atoms with Gasteiger partial charge in [-0.05, 0) is 58.3 Å². The molecule has 0 aliphatic heterocycles. The van der Waals surface area contributed by atoms with Crippen LogP contribution in [0.3, 0.4) is 0 Å². The SMILES string of the molecule is CC(C)CC(C)OCCCCC(C)(CO)NC1CC1. The Kier molecular flexibility index (Phi) is 7.33. The summed E-state index contributed by atoms with van der Waals surface area (Å²) in [6.45, 7) is 9.83. The van der Waals surface area contributed by atoms with E-state index in [4.69, 9.17) is 4.74 Å². The van der Waals surface area contributed by atoms with Crippen molar-refractivity contribution in [3.63, 3.8) is 0 Å². The largest absolute Gasteiger partial charge is 0.394 e. The Bertz CT molecular complexity index is 241. The monoisotopic (exact) mass is 271 g/mol. The maximum atomic E-state index is 9.51. The van der Waals surface area contributed by atoms with E-state index in [9.17, 15) is 5.11 Å². The maximum Gasteiger partial charge on any atom is 0.0610 e. The highest BCUT2D eigenvalue weighted by Gasteiger charge is 2.31. The van der Waals surface area contributed by atoms with Gasteiger partial charge < -0.3 is 15.2 Å². The number of hydrogen-bond acceptors (Lipinski definition) is 3. The van der Waals surface area contributed by atoms with Crippen molar-refractivity contribution in [1.82, 2.24) is 5.32 Å². The fourth-order valence-corrected chi connectivity index (χ4v) is 2.55. The molecule has 0 amide bonds. The molecule has 3 nitrogen and oxygen atoms in total. The third-order valence-electron chi connectivity index (χ3n) is 3.81. The van der Waals surface area contributed by atoms with Crippen LogP contribution in [0.4, 0.5) is 0 Å². The van der Waals surface area contributed by atoms with Gasteiger partial charge in [0.15, 0.2) is 0 Å². The van der Waals surface area contributed by atoms with E-state index in [0.717, 1.165) is 32.3 Å². The number of ether oxygens (including phenoxy) is 1. The zero-order chi connectivity index (χ0) is 14.3. The number of aliphatic hydroxyl groups excluding tert-OH is 1. The summed E-state index contributed by atoms with van der Waals surface area (Å²) in [7, 11) is 0. The molecule has 0 bridgehead atoms. The fraction of sp³-hybridized carbons (Fsp3) is 1.00. The summed E-state index contributed by atoms with van der Waals surface area (Å²) in [5.41, 5.74) is -0.0925. The molecule has 0 heterocycles. The topological polar surface area (TPSA) is 41.5 Å². The molecule has 3 heteroatoms. The molecule has 1 rings (SSSR count). The van der Waals surface area contributed by atoms with E-state index in [1.165, 1.54) is 12.8 Å². The fourth-order valence-electron chi connectivity index (χ4n) is 2.55. The molecule has 2 N–H and O–H groups in total. The lowest BCUT2D eigenvalue weighted by atomic mass is 9.95. The lowest BCUT2D eigenvalue weighted by Crippen LogP contribution is -2.46. The molecule has 1 aliphatic rings. The predicted octanol–water partition coefficient (Wildman–Crippen LogP) is 3.11. The minimum atomic E-state index is -0.0925. The van der Waals surface area contributed by atoms with Crippen LogP contribution >= 0.6 is 0 Å². The standard InChI is InChI=1S/C16H33NO2/c1-13(2)11-14(3)19-10-6-5-9-16(4,12-18)17-15-7-8-15/h13-15,17-18H,5-12H2,1-4H3. The maximum absolute atomic E-state index is 9.51. The lowest BCUT2D eigenvalue weighted by molar-refractivity contribution is 0.0477. The van der Waals surface area contributed by atoms with Crippen molar-refractivity contribution in [2.45, 2.75) is 83.9 Å². The van der Waals surface area contributed by atoms with Crippen molar-refractivity contribution >= 4 is 0 Å². The third-order valence-corrected chi connectivity index (χ3v) is 3.81. The molecule has 2 unspecified atom stereocenters. The molecule has 1 fully saturated rings. The van der Waals surface area contributed by atoms with Gasteiger partial charge in [-0.3, -0.25) is 0 Å². The van der Waals surface area contributed by atoms with Crippen molar-refractivity contribution in [3.8, 4) is 0 Å². The Labute approximate surface area is 119 Å². The number of unbranched alkanes of at least 4 members (excludes halogenated alkanes) is 1. The highest BCUT2D eigenvalue weighted by molar-refractivity contribution is 4.92. The number of aliphatic hydroxyl groups is 1. The Morgan fingerprint density at radius 3 is 2.47 bits per heavy atom. The van der Waals surface area contributed by atoms with E-state index in [-0.39, 0.29) is 12.1 Å². The van der Waals surface area contributed by atoms with E-state index in [0.29, 0.717) is 18.1 Å². The van der Waals surface area contributed by atoms with Gasteiger partial charge in [0.2, 0.25) is 0 Å². The molecule has 19 heavy (non-hydrogen) atoms. The average molecular weight is 271 g/mol. The van der Waals surface area contributed by atoms with E-state index in [1.807, 2.05) is 0 Å². The van der Waals surface area contributed by atoms with Gasteiger partial charge in [-0.1, -0.05) is 13.8 Å². The molecule has 114 valence electrons. The average Bonchev–Trinajstić information content (AvgIpc) is 3.11. The third kappa shape index (κ3) is 7.91. The summed E-state index contributed by atoms with van der Waals surface area (Å²) >= 11 is 0. The van der Waals surface area contributed by atoms with Crippen LogP contribution in [0.15, 0.2) is 0 Å². The lowest BCUT2D eigenvalue weighted by Gasteiger charge is -2.29. The molecule has 0 radical (unpaired) electrons. The van der Waals surface area contributed by atoms with Crippen LogP contribution in [0.2, 0.25) is 0 Å². The van der Waals surface area contributed by atoms with Crippen molar-refractivity contribution in [3.05, 3.63) is 0 Å². The zero-order valence-electron chi connectivity index (χ0n) is 13.2. The van der Waals surface area contributed by atoms with Gasteiger partial charge in [-0.15, -0.1) is 0 Å². The Hall–Kier alpha value is -0.120. The number of nitrogens with one attached hydrogen (secondary N) is 1. The molecular weight excluding hydrogens is 238 g/mol. The minimum absolute atomic E-state index is 0.0925. The first-order valence-electron chi connectivity index (χ1n) is 7.95. The van der Waals surface area contributed by atoms with Crippen LogP contribution in [0.1, 0.15) is 66.2 Å². The van der Waals surface area contributed by atoms with Crippen molar-refractivity contribution in [1.29, 1.82) is 0 Å². The van der Waals surface area contributed by atoms with Crippen LogP contribution in [0.25, 0.3) is 0 Å². The molecule has 2 atom stereocenters. The first-order valence-corrected chi connectivity index (χ1v) is 7.95. The zero-order valence-corrected chi connectivity index (χ0v) is 13.2. The van der Waals surface area contributed by atoms with Crippen molar-refractivity contribution in [2.24, 2.45) is 5.92 Å². The van der Waals surface area contributed by atoms with Crippen LogP contribution in [0.5, 0.6) is 0 Å². The molecule has 0 aromatic heterocycles. The Morgan fingerprint density at radius 1 is 1.26 bits per heavy atom. The second-order valence-corrected chi connectivity index (χ2v) is 6.91. The normalized spacial score (nSPS) is 20.5. The summed E-state index contributed by atoms with van der Waals surface area (Å²) in [4.78, 5) is 0. The molecule has 1 aliphatic carbocycles. The van der Waals surface area contributed by atoms with Gasteiger partial charge in [0, 0.05) is 18.2 Å². The summed E-state index contributed by atoms with van der Waals surface area (Å²) < 4.78 is 5.81. The highest BCUT2D eigenvalue weighted by atomic mass is 16.5. The summed E-state index contributed by atoms with van der Waals surface area (Å²) in [6, 6.07) is 0.652. The van der Waals surface area contributed by atoms with Gasteiger partial charge in [-0.2, -0.15) is 0 Å². The van der Waals surface area contributed by atoms with E-state index >= 15 is 0 Å². The molecular formula is C16H33NO2. The molecule has 0 spiro atoms. The second kappa shape index (κ2) is 8.23. The molecule has 0 aromatic rings. The van der Waals surface area contributed by atoms with E-state index < -0.39 is 0 Å². The van der Waals surface area contributed by atoms with Gasteiger partial charge in [0.1, 0.15) is 0 Å². The Balaban J connectivity index is 2.05.